The van der Waals surface area contributed by atoms with Crippen molar-refractivity contribution < 1.29 is 0 Å². The Morgan fingerprint density at radius 1 is 1.00 bits per heavy atom. The number of fused-ring (bicyclic) bond motifs is 1. The van der Waals surface area contributed by atoms with Gasteiger partial charge in [0.25, 0.3) is 0 Å². The van der Waals surface area contributed by atoms with Crippen LogP contribution in [0.1, 0.15) is 45.1 Å². The van der Waals surface area contributed by atoms with Gasteiger partial charge >= 0.3 is 0 Å². The standard InChI is InChI=1S/C23H29N5/c1-3-5-12-26-17-22-23(27(18-26)13-6-4-2)14-21(25-22)19-15-24-28(16-19)20-10-8-7-9-11-20/h7-11,14-17H,3-6,12-13,18H2,1-2H3. The van der Waals surface area contributed by atoms with Crippen LogP contribution < -0.4 is 0 Å². The van der Waals surface area contributed by atoms with Gasteiger partial charge in [0.15, 0.2) is 0 Å². The Balaban J connectivity index is 1.60. The zero-order chi connectivity index (χ0) is 19.3. The highest BCUT2D eigenvalue weighted by Crippen LogP contribution is 2.30. The molecule has 0 aliphatic carbocycles. The van der Waals surface area contributed by atoms with Gasteiger partial charge in [-0.3, -0.25) is 0 Å². The summed E-state index contributed by atoms with van der Waals surface area (Å²) < 4.78 is 1.91. The van der Waals surface area contributed by atoms with E-state index >= 15 is 0 Å². The average Bonchev–Trinajstić information content (AvgIpc) is 3.38. The first-order valence-electron chi connectivity index (χ1n) is 10.4. The Labute approximate surface area is 167 Å². The molecule has 1 aromatic carbocycles. The van der Waals surface area contributed by atoms with Crippen LogP contribution in [-0.2, 0) is 0 Å². The number of benzene rings is 1. The Bertz CT molecular complexity index is 891. The summed E-state index contributed by atoms with van der Waals surface area (Å²) in [6.07, 6.45) is 13.3. The number of rotatable bonds is 8. The van der Waals surface area contributed by atoms with Crippen molar-refractivity contribution in [2.75, 3.05) is 19.8 Å². The van der Waals surface area contributed by atoms with Crippen LogP contribution in [0, 0.1) is 0 Å². The van der Waals surface area contributed by atoms with Gasteiger partial charge in [-0.1, -0.05) is 44.9 Å². The topological polar surface area (TPSA) is 36.7 Å². The third-order valence-electron chi connectivity index (χ3n) is 5.25. The van der Waals surface area contributed by atoms with Gasteiger partial charge in [-0.25, -0.2) is 9.67 Å². The molecule has 2 aliphatic rings. The minimum atomic E-state index is 0.960. The molecule has 0 unspecified atom stereocenters. The first kappa shape index (κ1) is 18.5. The second-order valence-corrected chi connectivity index (χ2v) is 7.47. The molecule has 146 valence electrons. The third-order valence-corrected chi connectivity index (χ3v) is 5.25. The third kappa shape index (κ3) is 3.88. The first-order valence-corrected chi connectivity index (χ1v) is 10.4. The highest BCUT2D eigenvalue weighted by Gasteiger charge is 2.27. The monoisotopic (exact) mass is 375 g/mol. The van der Waals surface area contributed by atoms with Crippen LogP contribution in [0.3, 0.4) is 0 Å². The minimum absolute atomic E-state index is 0.960. The summed E-state index contributed by atoms with van der Waals surface area (Å²) in [4.78, 5) is 9.84. The molecule has 0 amide bonds. The fraction of sp³-hybridized carbons (Fsp3) is 0.391. The molecule has 0 saturated heterocycles. The molecular weight excluding hydrogens is 346 g/mol. The highest BCUT2D eigenvalue weighted by molar-refractivity contribution is 6.11. The number of allylic oxidation sites excluding steroid dienone is 1. The number of hydrogen-bond donors (Lipinski definition) is 0. The molecule has 5 heteroatoms. The summed E-state index contributed by atoms with van der Waals surface area (Å²) >= 11 is 0. The zero-order valence-corrected chi connectivity index (χ0v) is 16.9. The van der Waals surface area contributed by atoms with Crippen molar-refractivity contribution in [1.29, 1.82) is 0 Å². The summed E-state index contributed by atoms with van der Waals surface area (Å²) in [5.74, 6) is 0. The highest BCUT2D eigenvalue weighted by atomic mass is 15.3. The molecule has 3 heterocycles. The van der Waals surface area contributed by atoms with E-state index in [9.17, 15) is 0 Å². The Morgan fingerprint density at radius 3 is 2.57 bits per heavy atom. The predicted octanol–water partition coefficient (Wildman–Crippen LogP) is 4.58. The van der Waals surface area contributed by atoms with Crippen molar-refractivity contribution in [3.63, 3.8) is 0 Å². The second kappa shape index (κ2) is 8.46. The molecule has 2 aliphatic heterocycles. The minimum Gasteiger partial charge on any atom is -0.358 e. The number of unbranched alkanes of at least 4 members (excludes halogenated alkanes) is 2. The van der Waals surface area contributed by atoms with Crippen molar-refractivity contribution in [1.82, 2.24) is 19.6 Å². The van der Waals surface area contributed by atoms with E-state index in [0.29, 0.717) is 0 Å². The lowest BCUT2D eigenvalue weighted by atomic mass is 10.2. The molecule has 0 saturated carbocycles. The van der Waals surface area contributed by atoms with Crippen molar-refractivity contribution in [3.05, 3.63) is 72.0 Å². The maximum atomic E-state index is 4.95. The Morgan fingerprint density at radius 2 is 1.79 bits per heavy atom. The molecule has 0 bridgehead atoms. The van der Waals surface area contributed by atoms with E-state index in [2.05, 4.69) is 59.4 Å². The predicted molar refractivity (Wildman–Crippen MR) is 114 cm³/mol. The molecule has 1 aromatic heterocycles. The molecule has 0 spiro atoms. The quantitative estimate of drug-likeness (QED) is 0.678. The lowest BCUT2D eigenvalue weighted by molar-refractivity contribution is 0.193. The van der Waals surface area contributed by atoms with Gasteiger partial charge in [-0.15, -0.1) is 0 Å². The van der Waals surface area contributed by atoms with Crippen molar-refractivity contribution in [3.8, 4) is 5.69 Å². The molecule has 28 heavy (non-hydrogen) atoms. The van der Waals surface area contributed by atoms with Crippen LogP contribution in [0.25, 0.3) is 5.69 Å². The number of nitrogens with zero attached hydrogens (tertiary/aromatic N) is 5. The fourth-order valence-electron chi connectivity index (χ4n) is 3.64. The van der Waals surface area contributed by atoms with Crippen molar-refractivity contribution in [2.24, 2.45) is 4.99 Å². The van der Waals surface area contributed by atoms with Gasteiger partial charge in [-0.2, -0.15) is 5.10 Å². The number of aliphatic imine (C=N–C) groups is 1. The fourth-order valence-corrected chi connectivity index (χ4v) is 3.64. The van der Waals surface area contributed by atoms with Crippen molar-refractivity contribution in [2.45, 2.75) is 39.5 Å². The van der Waals surface area contributed by atoms with Crippen LogP contribution in [-0.4, -0.2) is 45.1 Å². The molecular formula is C23H29N5. The van der Waals surface area contributed by atoms with E-state index in [4.69, 9.17) is 4.99 Å². The van der Waals surface area contributed by atoms with E-state index in [1.807, 2.05) is 29.1 Å². The van der Waals surface area contributed by atoms with Gasteiger partial charge in [0.1, 0.15) is 5.70 Å². The van der Waals surface area contributed by atoms with Gasteiger partial charge in [0, 0.05) is 31.0 Å². The van der Waals surface area contributed by atoms with Crippen LogP contribution in [0.2, 0.25) is 0 Å². The number of hydrogen-bond acceptors (Lipinski definition) is 4. The van der Waals surface area contributed by atoms with E-state index in [0.717, 1.165) is 42.4 Å². The van der Waals surface area contributed by atoms with E-state index < -0.39 is 0 Å². The second-order valence-electron chi connectivity index (χ2n) is 7.47. The molecule has 4 rings (SSSR count). The SMILES string of the molecule is CCCCN1C=C2N=C(c3cnn(-c4ccccc4)c3)C=C2N(CCCC)C1. The molecule has 0 radical (unpaired) electrons. The van der Waals surface area contributed by atoms with Gasteiger partial charge in [0.05, 0.1) is 30.0 Å². The smallest absolute Gasteiger partial charge is 0.103 e. The summed E-state index contributed by atoms with van der Waals surface area (Å²) in [6.45, 7) is 7.62. The largest absolute Gasteiger partial charge is 0.358 e. The Hall–Kier alpha value is -2.82. The summed E-state index contributed by atoms with van der Waals surface area (Å²) in [5, 5.41) is 4.54. The van der Waals surface area contributed by atoms with E-state index in [1.54, 1.807) is 0 Å². The summed E-state index contributed by atoms with van der Waals surface area (Å²) in [5.41, 5.74) is 5.46. The molecule has 0 fully saturated rings. The summed E-state index contributed by atoms with van der Waals surface area (Å²) in [6, 6.07) is 10.2. The lowest BCUT2D eigenvalue weighted by Crippen LogP contribution is -2.39. The Kier molecular flexibility index (Phi) is 5.60. The maximum Gasteiger partial charge on any atom is 0.103 e. The first-order chi connectivity index (χ1) is 13.8. The van der Waals surface area contributed by atoms with Crippen LogP contribution in [0.4, 0.5) is 0 Å². The zero-order valence-electron chi connectivity index (χ0n) is 16.9. The molecule has 0 N–H and O–H groups in total. The number of aromatic nitrogens is 2. The van der Waals surface area contributed by atoms with Gasteiger partial charge in [0.2, 0.25) is 0 Å². The lowest BCUT2D eigenvalue weighted by Gasteiger charge is -2.36. The van der Waals surface area contributed by atoms with E-state index in [-0.39, 0.29) is 0 Å². The number of para-hydroxylation sites is 1. The van der Waals surface area contributed by atoms with Crippen molar-refractivity contribution >= 4 is 5.71 Å². The average molecular weight is 376 g/mol. The normalized spacial score (nSPS) is 16.0. The van der Waals surface area contributed by atoms with Gasteiger partial charge in [-0.05, 0) is 31.1 Å². The van der Waals surface area contributed by atoms with Gasteiger partial charge < -0.3 is 9.80 Å². The van der Waals surface area contributed by atoms with Crippen LogP contribution in [0.5, 0.6) is 0 Å². The molecule has 0 atom stereocenters. The van der Waals surface area contributed by atoms with E-state index in [1.165, 1.54) is 31.4 Å². The maximum absolute atomic E-state index is 4.95. The van der Waals surface area contributed by atoms with Crippen LogP contribution in [0.15, 0.2) is 71.4 Å². The van der Waals surface area contributed by atoms with Crippen LogP contribution >= 0.6 is 0 Å². The molecule has 2 aromatic rings. The molecule has 5 nitrogen and oxygen atoms in total. The summed E-state index contributed by atoms with van der Waals surface area (Å²) in [7, 11) is 0.